The first kappa shape index (κ1) is 21.9. The molecule has 0 aliphatic rings. The average Bonchev–Trinajstić information content (AvgIpc) is 3.29. The highest BCUT2D eigenvalue weighted by Gasteiger charge is 2.11. The Kier molecular flexibility index (Phi) is 7.26. The minimum absolute atomic E-state index is 0.0736. The summed E-state index contributed by atoms with van der Waals surface area (Å²) >= 11 is 0. The van der Waals surface area contributed by atoms with Gasteiger partial charge >= 0.3 is 0 Å². The van der Waals surface area contributed by atoms with Crippen LogP contribution in [-0.4, -0.2) is 54.3 Å². The fraction of sp³-hybridized carbons (Fsp3) is 0.261. The molecule has 31 heavy (non-hydrogen) atoms. The van der Waals surface area contributed by atoms with Gasteiger partial charge in [-0.25, -0.2) is 0 Å². The van der Waals surface area contributed by atoms with E-state index in [1.165, 1.54) is 12.0 Å². The highest BCUT2D eigenvalue weighted by molar-refractivity contribution is 5.94. The van der Waals surface area contributed by atoms with Gasteiger partial charge in [0.1, 0.15) is 0 Å². The molecule has 8 heteroatoms. The van der Waals surface area contributed by atoms with Gasteiger partial charge in [-0.05, 0) is 41.5 Å². The molecule has 0 aliphatic heterocycles. The number of nitrogens with one attached hydrogen (secondary N) is 1. The van der Waals surface area contributed by atoms with Crippen LogP contribution in [0.15, 0.2) is 60.9 Å². The SMILES string of the molecule is COc1cc(CNC(=O)c2ccc(Cn3cccn3)cc2)ccc1OCC(=O)N(C)C. The minimum atomic E-state index is -0.165. The maximum atomic E-state index is 12.5. The van der Waals surface area contributed by atoms with E-state index >= 15 is 0 Å². The van der Waals surface area contributed by atoms with Crippen molar-refractivity contribution in [2.24, 2.45) is 0 Å². The van der Waals surface area contributed by atoms with E-state index < -0.39 is 0 Å². The second-order valence-corrected chi connectivity index (χ2v) is 7.15. The Morgan fingerprint density at radius 3 is 2.45 bits per heavy atom. The average molecular weight is 422 g/mol. The lowest BCUT2D eigenvalue weighted by molar-refractivity contribution is -0.130. The molecule has 0 bridgehead atoms. The van der Waals surface area contributed by atoms with Crippen molar-refractivity contribution >= 4 is 11.8 Å². The third-order valence-corrected chi connectivity index (χ3v) is 4.65. The van der Waals surface area contributed by atoms with E-state index in [0.717, 1.165) is 11.1 Å². The molecule has 2 amide bonds. The molecule has 3 rings (SSSR count). The number of ether oxygens (including phenoxy) is 2. The van der Waals surface area contributed by atoms with E-state index in [0.29, 0.717) is 30.2 Å². The van der Waals surface area contributed by atoms with Crippen molar-refractivity contribution in [3.63, 3.8) is 0 Å². The molecule has 1 aromatic heterocycles. The highest BCUT2D eigenvalue weighted by Crippen LogP contribution is 2.28. The number of methoxy groups -OCH3 is 1. The Morgan fingerprint density at radius 1 is 1.06 bits per heavy atom. The van der Waals surface area contributed by atoms with E-state index in [1.54, 1.807) is 44.6 Å². The van der Waals surface area contributed by atoms with E-state index in [-0.39, 0.29) is 18.4 Å². The zero-order valence-corrected chi connectivity index (χ0v) is 17.9. The quantitative estimate of drug-likeness (QED) is 0.572. The van der Waals surface area contributed by atoms with Crippen molar-refractivity contribution in [2.75, 3.05) is 27.8 Å². The lowest BCUT2D eigenvalue weighted by Gasteiger charge is -2.14. The molecule has 0 aliphatic carbocycles. The summed E-state index contributed by atoms with van der Waals surface area (Å²) < 4.78 is 12.7. The second kappa shape index (κ2) is 10.3. The fourth-order valence-electron chi connectivity index (χ4n) is 2.84. The number of aromatic nitrogens is 2. The maximum Gasteiger partial charge on any atom is 0.259 e. The number of benzene rings is 2. The Labute approximate surface area is 181 Å². The van der Waals surface area contributed by atoms with Gasteiger partial charge < -0.3 is 19.7 Å². The van der Waals surface area contributed by atoms with Crippen LogP contribution in [0.5, 0.6) is 11.5 Å². The molecule has 0 saturated carbocycles. The molecular weight excluding hydrogens is 396 g/mol. The molecule has 0 fully saturated rings. The molecule has 0 unspecified atom stereocenters. The first-order valence-electron chi connectivity index (χ1n) is 9.80. The van der Waals surface area contributed by atoms with Gasteiger partial charge in [0.25, 0.3) is 11.8 Å². The normalized spacial score (nSPS) is 10.4. The van der Waals surface area contributed by atoms with Crippen LogP contribution in [-0.2, 0) is 17.9 Å². The number of carbonyl (C=O) groups is 2. The summed E-state index contributed by atoms with van der Waals surface area (Å²) in [6, 6.07) is 14.6. The number of carbonyl (C=O) groups excluding carboxylic acids is 2. The molecule has 3 aromatic rings. The van der Waals surface area contributed by atoms with Gasteiger partial charge in [0.05, 0.1) is 13.7 Å². The number of likely N-dealkylation sites (N-methyl/N-ethyl adjacent to an activating group) is 1. The summed E-state index contributed by atoms with van der Waals surface area (Å²) in [5, 5.41) is 7.08. The Morgan fingerprint density at radius 2 is 1.81 bits per heavy atom. The summed E-state index contributed by atoms with van der Waals surface area (Å²) in [5.41, 5.74) is 2.50. The number of hydrogen-bond acceptors (Lipinski definition) is 5. The standard InChI is InChI=1S/C23H26N4O4/c1-26(2)22(28)16-31-20-10-7-18(13-21(20)30-3)14-24-23(29)19-8-5-17(6-9-19)15-27-12-4-11-25-27/h4-13H,14-16H2,1-3H3,(H,24,29). The molecule has 0 spiro atoms. The van der Waals surface area contributed by atoms with Crippen molar-refractivity contribution in [1.29, 1.82) is 0 Å². The van der Waals surface area contributed by atoms with E-state index in [4.69, 9.17) is 9.47 Å². The highest BCUT2D eigenvalue weighted by atomic mass is 16.5. The monoisotopic (exact) mass is 422 g/mol. The second-order valence-electron chi connectivity index (χ2n) is 7.15. The minimum Gasteiger partial charge on any atom is -0.493 e. The molecule has 162 valence electrons. The lowest BCUT2D eigenvalue weighted by atomic mass is 10.1. The van der Waals surface area contributed by atoms with Crippen LogP contribution >= 0.6 is 0 Å². The van der Waals surface area contributed by atoms with Crippen molar-refractivity contribution in [3.05, 3.63) is 77.6 Å². The zero-order valence-electron chi connectivity index (χ0n) is 17.9. The molecule has 0 atom stereocenters. The smallest absolute Gasteiger partial charge is 0.259 e. The summed E-state index contributed by atoms with van der Waals surface area (Å²) in [5.74, 6) is 0.664. The first-order valence-corrected chi connectivity index (χ1v) is 9.80. The Balaban J connectivity index is 1.56. The molecule has 0 radical (unpaired) electrons. The van der Waals surface area contributed by atoms with Crippen LogP contribution in [0.2, 0.25) is 0 Å². The van der Waals surface area contributed by atoms with Crippen molar-refractivity contribution < 1.29 is 19.1 Å². The molecule has 1 heterocycles. The number of nitrogens with zero attached hydrogens (tertiary/aromatic N) is 3. The van der Waals surface area contributed by atoms with E-state index in [9.17, 15) is 9.59 Å². The summed E-state index contributed by atoms with van der Waals surface area (Å²) in [6.07, 6.45) is 3.63. The van der Waals surface area contributed by atoms with Crippen LogP contribution < -0.4 is 14.8 Å². The van der Waals surface area contributed by atoms with Gasteiger partial charge in [-0.3, -0.25) is 14.3 Å². The summed E-state index contributed by atoms with van der Waals surface area (Å²) in [6.45, 7) is 0.917. The van der Waals surface area contributed by atoms with Gasteiger partial charge in [0.15, 0.2) is 18.1 Å². The predicted octanol–water partition coefficient (Wildman–Crippen LogP) is 2.34. The van der Waals surface area contributed by atoms with Gasteiger partial charge in [-0.1, -0.05) is 18.2 Å². The largest absolute Gasteiger partial charge is 0.493 e. The fourth-order valence-corrected chi connectivity index (χ4v) is 2.84. The first-order chi connectivity index (χ1) is 15.0. The Bertz CT molecular complexity index is 1010. The van der Waals surface area contributed by atoms with Gasteiger partial charge in [0, 0.05) is 38.6 Å². The van der Waals surface area contributed by atoms with Gasteiger partial charge in [-0.2, -0.15) is 5.10 Å². The predicted molar refractivity (Wildman–Crippen MR) is 116 cm³/mol. The van der Waals surface area contributed by atoms with E-state index in [2.05, 4.69) is 10.4 Å². The topological polar surface area (TPSA) is 85.7 Å². The lowest BCUT2D eigenvalue weighted by Crippen LogP contribution is -2.27. The van der Waals surface area contributed by atoms with Gasteiger partial charge in [0.2, 0.25) is 0 Å². The number of rotatable bonds is 9. The van der Waals surface area contributed by atoms with E-state index in [1.807, 2.05) is 35.1 Å². The maximum absolute atomic E-state index is 12.5. The summed E-state index contributed by atoms with van der Waals surface area (Å²) in [7, 11) is 4.87. The summed E-state index contributed by atoms with van der Waals surface area (Å²) in [4.78, 5) is 25.6. The number of amides is 2. The molecule has 8 nitrogen and oxygen atoms in total. The van der Waals surface area contributed by atoms with Crippen LogP contribution in [0.25, 0.3) is 0 Å². The molecule has 1 N–H and O–H groups in total. The van der Waals surface area contributed by atoms with Crippen LogP contribution in [0.3, 0.4) is 0 Å². The van der Waals surface area contributed by atoms with Crippen molar-refractivity contribution in [1.82, 2.24) is 20.0 Å². The third kappa shape index (κ3) is 6.08. The number of hydrogen-bond donors (Lipinski definition) is 1. The molecule has 0 saturated heterocycles. The Hall–Kier alpha value is -3.81. The van der Waals surface area contributed by atoms with Crippen molar-refractivity contribution in [2.45, 2.75) is 13.1 Å². The van der Waals surface area contributed by atoms with Crippen LogP contribution in [0, 0.1) is 0 Å². The molecule has 2 aromatic carbocycles. The van der Waals surface area contributed by atoms with Crippen LogP contribution in [0.4, 0.5) is 0 Å². The van der Waals surface area contributed by atoms with Gasteiger partial charge in [-0.15, -0.1) is 0 Å². The third-order valence-electron chi connectivity index (χ3n) is 4.65. The van der Waals surface area contributed by atoms with Crippen molar-refractivity contribution in [3.8, 4) is 11.5 Å². The molecular formula is C23H26N4O4. The zero-order chi connectivity index (χ0) is 22.2. The van der Waals surface area contributed by atoms with Crippen LogP contribution in [0.1, 0.15) is 21.5 Å².